The van der Waals surface area contributed by atoms with Crippen LogP contribution in [0.2, 0.25) is 24.7 Å². The van der Waals surface area contributed by atoms with Crippen molar-refractivity contribution in [3.63, 3.8) is 0 Å². The molecule has 0 saturated heterocycles. The molecule has 0 amide bonds. The van der Waals surface area contributed by atoms with Crippen LogP contribution in [0, 0.1) is 0 Å². The van der Waals surface area contributed by atoms with Crippen molar-refractivity contribution in [1.29, 1.82) is 0 Å². The van der Waals surface area contributed by atoms with E-state index in [1.54, 1.807) is 0 Å². The quantitative estimate of drug-likeness (QED) is 0.160. The van der Waals surface area contributed by atoms with Gasteiger partial charge < -0.3 is 13.6 Å². The fourth-order valence-corrected chi connectivity index (χ4v) is 16.2. The van der Waals surface area contributed by atoms with E-state index in [1.807, 2.05) is 0 Å². The number of hydrogen-bond acceptors (Lipinski definition) is 3. The van der Waals surface area contributed by atoms with E-state index in [9.17, 15) is 0 Å². The van der Waals surface area contributed by atoms with Crippen molar-refractivity contribution < 1.29 is 13.6 Å². The molecule has 0 fully saturated rings. The molecule has 0 bridgehead atoms. The molecule has 0 N–H and O–H groups in total. The van der Waals surface area contributed by atoms with Crippen LogP contribution >= 0.6 is 0 Å². The monoisotopic (exact) mass is 514 g/mol. The number of hydrogen-bond donors (Lipinski definition) is 0. The summed E-state index contributed by atoms with van der Waals surface area (Å²) in [4.78, 5) is 0. The first kappa shape index (κ1) is 34.1. The van der Waals surface area contributed by atoms with Crippen molar-refractivity contribution in [2.24, 2.45) is 0 Å². The summed E-state index contributed by atoms with van der Waals surface area (Å²) in [5.41, 5.74) is 1.85. The molecule has 34 heavy (non-hydrogen) atoms. The Kier molecular flexibility index (Phi) is 13.6. The Morgan fingerprint density at radius 2 is 1.06 bits per heavy atom. The van der Waals surface area contributed by atoms with Gasteiger partial charge in [0.1, 0.15) is 0 Å². The van der Waals surface area contributed by atoms with Gasteiger partial charge in [0.2, 0.25) is 8.32 Å². The molecule has 204 valence electrons. The summed E-state index contributed by atoms with van der Waals surface area (Å²) < 4.78 is 21.6. The lowest BCUT2D eigenvalue weighted by Gasteiger charge is -2.61. The molecule has 0 heterocycles. The molecule has 0 aliphatic heterocycles. The summed E-state index contributed by atoms with van der Waals surface area (Å²) in [6.07, 6.45) is 9.17. The van der Waals surface area contributed by atoms with Gasteiger partial charge >= 0.3 is 0 Å². The van der Waals surface area contributed by atoms with E-state index in [0.717, 1.165) is 57.8 Å². The van der Waals surface area contributed by atoms with E-state index in [0.29, 0.717) is 6.61 Å². The highest BCUT2D eigenvalue weighted by atomic mass is 28.4. The zero-order chi connectivity index (χ0) is 26.9. The predicted molar refractivity (Wildman–Crippen MR) is 157 cm³/mol. The minimum Gasteiger partial charge on any atom is -0.411 e. The summed E-state index contributed by atoms with van der Waals surface area (Å²) >= 11 is 0. The topological polar surface area (TPSA) is 27.7 Å². The van der Waals surface area contributed by atoms with Crippen LogP contribution in [-0.2, 0) is 13.6 Å². The standard InChI is InChI=1S/C29H62O3Si2/c1-15-26(16-2,17-3)31-33(12,13)28(20-6,21-7)27(18-4,19-5)32-34(14,25-11)29(22-8,23-9)30-24-10/h25H,11,15-24H2,1-10,12-14H3. The Labute approximate surface area is 217 Å². The third-order valence-corrected chi connectivity index (χ3v) is 18.7. The normalized spacial score (nSPS) is 15.9. The molecule has 0 aromatic heterocycles. The van der Waals surface area contributed by atoms with Crippen LogP contribution in [0.15, 0.2) is 12.3 Å². The van der Waals surface area contributed by atoms with Gasteiger partial charge in [-0.05, 0) is 84.4 Å². The highest BCUT2D eigenvalue weighted by Gasteiger charge is 2.63. The molecule has 0 aromatic carbocycles. The first-order chi connectivity index (χ1) is 15.8. The molecule has 0 aliphatic carbocycles. The van der Waals surface area contributed by atoms with Crippen LogP contribution in [-0.4, -0.2) is 39.7 Å². The Morgan fingerprint density at radius 3 is 1.32 bits per heavy atom. The van der Waals surface area contributed by atoms with E-state index >= 15 is 0 Å². The molecule has 0 aliphatic rings. The van der Waals surface area contributed by atoms with Gasteiger partial charge in [-0.2, -0.15) is 0 Å². The minimum absolute atomic E-state index is 0.00896. The minimum atomic E-state index is -2.50. The van der Waals surface area contributed by atoms with Gasteiger partial charge in [0.15, 0.2) is 8.32 Å². The molecular weight excluding hydrogens is 452 g/mol. The maximum absolute atomic E-state index is 7.67. The highest BCUT2D eigenvalue weighted by molar-refractivity contribution is 6.80. The molecule has 1 unspecified atom stereocenters. The van der Waals surface area contributed by atoms with Crippen LogP contribution < -0.4 is 0 Å². The average molecular weight is 515 g/mol. The lowest BCUT2D eigenvalue weighted by Crippen LogP contribution is -2.68. The van der Waals surface area contributed by atoms with Crippen LogP contribution in [0.1, 0.15) is 127 Å². The molecule has 0 rings (SSSR count). The van der Waals surface area contributed by atoms with E-state index < -0.39 is 16.6 Å². The van der Waals surface area contributed by atoms with Gasteiger partial charge in [-0.25, -0.2) is 0 Å². The maximum atomic E-state index is 7.67. The van der Waals surface area contributed by atoms with Crippen LogP contribution in [0.5, 0.6) is 0 Å². The van der Waals surface area contributed by atoms with Crippen molar-refractivity contribution in [2.75, 3.05) is 6.61 Å². The van der Waals surface area contributed by atoms with Crippen molar-refractivity contribution >= 4 is 16.6 Å². The average Bonchev–Trinajstić information content (AvgIpc) is 2.85. The van der Waals surface area contributed by atoms with Crippen LogP contribution in [0.4, 0.5) is 0 Å². The summed E-state index contributed by atoms with van der Waals surface area (Å²) in [6, 6.07) is 0. The van der Waals surface area contributed by atoms with Gasteiger partial charge in [-0.15, -0.1) is 6.58 Å². The molecule has 0 aromatic rings. The largest absolute Gasteiger partial charge is 0.411 e. The summed E-state index contributed by atoms with van der Waals surface area (Å²) in [5, 5.41) is -0.274. The van der Waals surface area contributed by atoms with Gasteiger partial charge in [0, 0.05) is 11.6 Å². The van der Waals surface area contributed by atoms with E-state index in [4.69, 9.17) is 13.6 Å². The van der Waals surface area contributed by atoms with Gasteiger partial charge in [-0.3, -0.25) is 0 Å². The molecule has 0 saturated carbocycles. The second-order valence-electron chi connectivity index (χ2n) is 10.9. The number of rotatable bonds is 19. The van der Waals surface area contributed by atoms with E-state index in [2.05, 4.69) is 101 Å². The third kappa shape index (κ3) is 5.79. The smallest absolute Gasteiger partial charge is 0.245 e. The predicted octanol–water partition coefficient (Wildman–Crippen LogP) is 9.75. The fourth-order valence-electron chi connectivity index (χ4n) is 7.37. The fraction of sp³-hybridized carbons (Fsp3) is 0.931. The van der Waals surface area contributed by atoms with Crippen molar-refractivity contribution in [2.45, 2.75) is 168 Å². The maximum Gasteiger partial charge on any atom is 0.245 e. The Balaban J connectivity index is 7.04. The number of ether oxygens (including phenoxy) is 1. The first-order valence-corrected chi connectivity index (χ1v) is 19.9. The zero-order valence-electron chi connectivity index (χ0n) is 25.6. The summed E-state index contributed by atoms with van der Waals surface area (Å²) in [6.45, 7) is 35.3. The van der Waals surface area contributed by atoms with E-state index in [-0.39, 0.29) is 21.5 Å². The Morgan fingerprint density at radius 1 is 0.618 bits per heavy atom. The third-order valence-electron chi connectivity index (χ3n) is 10.0. The summed E-state index contributed by atoms with van der Waals surface area (Å²) in [5.74, 6) is 0. The molecule has 0 spiro atoms. The summed E-state index contributed by atoms with van der Waals surface area (Å²) in [7, 11) is -4.74. The van der Waals surface area contributed by atoms with Gasteiger partial charge in [-0.1, -0.05) is 68.0 Å². The molecule has 0 radical (unpaired) electrons. The molecule has 1 atom stereocenters. The Hall–Kier alpha value is 0.0538. The van der Waals surface area contributed by atoms with Crippen LogP contribution in [0.3, 0.4) is 0 Å². The Bertz CT molecular complexity index is 580. The van der Waals surface area contributed by atoms with E-state index in [1.165, 1.54) is 0 Å². The second-order valence-corrected chi connectivity index (χ2v) is 18.8. The second kappa shape index (κ2) is 13.6. The SMILES string of the molecule is C=C[Si](C)(OC(CC)(CC)C(CC)(CC)[Si](C)(C)OC(CC)(CC)CC)C(CC)(CC)OCC. The first-order valence-electron chi connectivity index (χ1n) is 14.5. The van der Waals surface area contributed by atoms with Gasteiger partial charge in [0.25, 0.3) is 0 Å². The van der Waals surface area contributed by atoms with Crippen molar-refractivity contribution in [1.82, 2.24) is 0 Å². The molecule has 5 heteroatoms. The van der Waals surface area contributed by atoms with Crippen molar-refractivity contribution in [3.05, 3.63) is 12.3 Å². The lowest BCUT2D eigenvalue weighted by atomic mass is 9.78. The molecular formula is C29H62O3Si2. The lowest BCUT2D eigenvalue weighted by molar-refractivity contribution is -0.0606. The van der Waals surface area contributed by atoms with Crippen molar-refractivity contribution in [3.8, 4) is 0 Å². The van der Waals surface area contributed by atoms with Crippen LogP contribution in [0.25, 0.3) is 0 Å². The zero-order valence-corrected chi connectivity index (χ0v) is 27.6. The van der Waals surface area contributed by atoms with Gasteiger partial charge in [0.05, 0.1) is 16.4 Å². The molecule has 3 nitrogen and oxygen atoms in total. The highest BCUT2D eigenvalue weighted by Crippen LogP contribution is 2.61.